The van der Waals surface area contributed by atoms with Crippen LogP contribution in [0.4, 0.5) is 0 Å². The number of benzene rings is 2. The fourth-order valence-electron chi connectivity index (χ4n) is 5.50. The number of nitrogens with zero attached hydrogens (tertiary/aromatic N) is 3. The van der Waals surface area contributed by atoms with Gasteiger partial charge in [-0.15, -0.1) is 0 Å². The number of ether oxygens (including phenoxy) is 1. The minimum atomic E-state index is -0.374. The number of hydrogen-bond donors (Lipinski definition) is 0. The molecule has 0 fully saturated rings. The Morgan fingerprint density at radius 2 is 1.62 bits per heavy atom. The van der Waals surface area contributed by atoms with Crippen LogP contribution in [-0.2, 0) is 9.53 Å². The first-order valence-electron chi connectivity index (χ1n) is 15.3. The van der Waals surface area contributed by atoms with Gasteiger partial charge in [0.25, 0.3) is 5.56 Å². The third-order valence-electron chi connectivity index (χ3n) is 7.80. The summed E-state index contributed by atoms with van der Waals surface area (Å²) in [6.45, 7) is 9.44. The zero-order valence-corrected chi connectivity index (χ0v) is 25.4. The monoisotopic (exact) mass is 547 g/mol. The molecule has 40 heavy (non-hydrogen) atoms. The van der Waals surface area contributed by atoms with Crippen molar-refractivity contribution in [2.75, 3.05) is 20.3 Å². The number of rotatable bonds is 17. The molecule has 0 aliphatic carbocycles. The summed E-state index contributed by atoms with van der Waals surface area (Å²) < 4.78 is 7.03. The maximum Gasteiger partial charge on any atom is 0.266 e. The lowest BCUT2D eigenvalue weighted by molar-refractivity contribution is -0.134. The molecular weight excluding hydrogens is 498 g/mol. The van der Waals surface area contributed by atoms with Crippen LogP contribution in [0.5, 0.6) is 0 Å². The second-order valence-corrected chi connectivity index (χ2v) is 11.1. The average Bonchev–Trinajstić information content (AvgIpc) is 2.94. The maximum absolute atomic E-state index is 13.9. The molecule has 0 saturated heterocycles. The van der Waals surface area contributed by atoms with E-state index in [2.05, 4.69) is 13.0 Å². The molecule has 0 radical (unpaired) electrons. The summed E-state index contributed by atoms with van der Waals surface area (Å²) in [4.78, 5) is 34.4. The molecule has 2 aromatic carbocycles. The molecule has 1 unspecified atom stereocenters. The summed E-state index contributed by atoms with van der Waals surface area (Å²) in [5.41, 5.74) is 3.48. The number of amides is 1. The molecule has 1 aromatic heterocycles. The number of carbonyl (C=O) groups excluding carboxylic acids is 1. The molecule has 1 amide bonds. The number of fused-ring (bicyclic) bond motifs is 1. The largest absolute Gasteiger partial charge is 0.385 e. The van der Waals surface area contributed by atoms with Crippen LogP contribution in [0, 0.1) is 13.8 Å². The number of aryl methyl sites for hydroxylation is 2. The van der Waals surface area contributed by atoms with E-state index in [9.17, 15) is 9.59 Å². The first kappa shape index (κ1) is 31.5. The van der Waals surface area contributed by atoms with Crippen LogP contribution in [0.1, 0.15) is 107 Å². The van der Waals surface area contributed by atoms with Crippen molar-refractivity contribution in [3.63, 3.8) is 0 Å². The second kappa shape index (κ2) is 16.3. The number of aromatic nitrogens is 2. The minimum absolute atomic E-state index is 0.109. The van der Waals surface area contributed by atoms with Crippen LogP contribution in [0.2, 0.25) is 0 Å². The first-order valence-corrected chi connectivity index (χ1v) is 15.3. The molecule has 6 heteroatoms. The van der Waals surface area contributed by atoms with Gasteiger partial charge >= 0.3 is 0 Å². The van der Waals surface area contributed by atoms with Gasteiger partial charge in [-0.2, -0.15) is 0 Å². The highest BCUT2D eigenvalue weighted by atomic mass is 16.5. The lowest BCUT2D eigenvalue weighted by atomic mass is 10.1. The molecule has 0 spiro atoms. The predicted molar refractivity (Wildman–Crippen MR) is 165 cm³/mol. The SMILES string of the molecule is CCCCCCCCCCCC(=O)N(CCCOC)C(C)c1nc2ccccc2c(=O)n1-c1ccc(C)cc1C. The van der Waals surface area contributed by atoms with Gasteiger partial charge in [0.1, 0.15) is 5.82 Å². The summed E-state index contributed by atoms with van der Waals surface area (Å²) in [5, 5.41) is 0.574. The van der Waals surface area contributed by atoms with Gasteiger partial charge in [0.2, 0.25) is 5.91 Å². The first-order chi connectivity index (χ1) is 19.4. The Hall–Kier alpha value is -2.99. The summed E-state index contributed by atoms with van der Waals surface area (Å²) in [7, 11) is 1.68. The van der Waals surface area contributed by atoms with Crippen LogP contribution in [-0.4, -0.2) is 40.6 Å². The van der Waals surface area contributed by atoms with Crippen molar-refractivity contribution < 1.29 is 9.53 Å². The molecule has 3 rings (SSSR count). The summed E-state index contributed by atoms with van der Waals surface area (Å²) >= 11 is 0. The lowest BCUT2D eigenvalue weighted by Crippen LogP contribution is -2.38. The van der Waals surface area contributed by atoms with Gasteiger partial charge in [-0.05, 0) is 57.4 Å². The Kier molecular flexibility index (Phi) is 12.9. The highest BCUT2D eigenvalue weighted by molar-refractivity contribution is 5.79. The molecule has 1 atom stereocenters. The van der Waals surface area contributed by atoms with E-state index >= 15 is 0 Å². The molecule has 3 aromatic rings. The molecule has 0 N–H and O–H groups in total. The normalized spacial score (nSPS) is 12.1. The summed E-state index contributed by atoms with van der Waals surface area (Å²) in [6.07, 6.45) is 12.2. The Bertz CT molecular complexity index is 1280. The van der Waals surface area contributed by atoms with Gasteiger partial charge in [0, 0.05) is 26.7 Å². The fraction of sp³-hybridized carbons (Fsp3) is 0.559. The van der Waals surface area contributed by atoms with E-state index in [4.69, 9.17) is 9.72 Å². The number of carbonyl (C=O) groups is 1. The molecule has 0 aliphatic rings. The van der Waals surface area contributed by atoms with Crippen LogP contribution >= 0.6 is 0 Å². The van der Waals surface area contributed by atoms with E-state index in [1.165, 1.54) is 44.9 Å². The highest BCUT2D eigenvalue weighted by Gasteiger charge is 2.27. The fourth-order valence-corrected chi connectivity index (χ4v) is 5.50. The van der Waals surface area contributed by atoms with Crippen LogP contribution in [0.15, 0.2) is 47.3 Å². The molecule has 0 aliphatic heterocycles. The van der Waals surface area contributed by atoms with Crippen LogP contribution < -0.4 is 5.56 Å². The Balaban J connectivity index is 1.85. The number of para-hydroxylation sites is 1. The zero-order valence-electron chi connectivity index (χ0n) is 25.4. The van der Waals surface area contributed by atoms with E-state index in [0.717, 1.165) is 36.1 Å². The van der Waals surface area contributed by atoms with Crippen molar-refractivity contribution in [3.05, 3.63) is 69.8 Å². The molecular formula is C34H49N3O3. The molecule has 0 saturated carbocycles. The Morgan fingerprint density at radius 1 is 0.950 bits per heavy atom. The van der Waals surface area contributed by atoms with E-state index in [1.54, 1.807) is 11.7 Å². The number of hydrogen-bond acceptors (Lipinski definition) is 4. The van der Waals surface area contributed by atoms with Gasteiger partial charge in [-0.3, -0.25) is 14.2 Å². The Labute approximate surface area is 240 Å². The minimum Gasteiger partial charge on any atom is -0.385 e. The van der Waals surface area contributed by atoms with E-state index in [0.29, 0.717) is 36.3 Å². The number of unbranched alkanes of at least 4 members (excludes halogenated alkanes) is 8. The van der Waals surface area contributed by atoms with Crippen LogP contribution in [0.3, 0.4) is 0 Å². The van der Waals surface area contributed by atoms with Gasteiger partial charge in [-0.25, -0.2) is 4.98 Å². The smallest absolute Gasteiger partial charge is 0.266 e. The van der Waals surface area contributed by atoms with Gasteiger partial charge in [0.15, 0.2) is 0 Å². The molecule has 218 valence electrons. The quantitative estimate of drug-likeness (QED) is 0.161. The van der Waals surface area contributed by atoms with Crippen molar-refractivity contribution in [3.8, 4) is 5.69 Å². The average molecular weight is 548 g/mol. The van der Waals surface area contributed by atoms with E-state index in [1.807, 2.05) is 62.1 Å². The standard InChI is InChI=1S/C34H49N3O3/c1-6-7-8-9-10-11-12-13-14-20-32(38)36(23-17-24-40-5)28(4)33-35-30-19-16-15-18-29(30)34(39)37(33)31-22-21-26(2)25-27(31)3/h15-16,18-19,21-22,25,28H,6-14,17,20,23-24H2,1-5H3. The molecule has 6 nitrogen and oxygen atoms in total. The van der Waals surface area contributed by atoms with Crippen molar-refractivity contribution in [2.24, 2.45) is 0 Å². The Morgan fingerprint density at radius 3 is 2.30 bits per heavy atom. The zero-order chi connectivity index (χ0) is 28.9. The van der Waals surface area contributed by atoms with Crippen LogP contribution in [0.25, 0.3) is 16.6 Å². The van der Waals surface area contributed by atoms with Gasteiger partial charge in [-0.1, -0.05) is 88.1 Å². The molecule has 1 heterocycles. The third-order valence-corrected chi connectivity index (χ3v) is 7.80. The molecule has 0 bridgehead atoms. The summed E-state index contributed by atoms with van der Waals surface area (Å²) in [5.74, 6) is 0.703. The lowest BCUT2D eigenvalue weighted by Gasteiger charge is -2.31. The highest BCUT2D eigenvalue weighted by Crippen LogP contribution is 2.26. The van der Waals surface area contributed by atoms with Gasteiger partial charge < -0.3 is 9.64 Å². The summed E-state index contributed by atoms with van der Waals surface area (Å²) in [6, 6.07) is 13.2. The van der Waals surface area contributed by atoms with Crippen molar-refractivity contribution in [1.29, 1.82) is 0 Å². The van der Waals surface area contributed by atoms with Crippen molar-refractivity contribution in [1.82, 2.24) is 14.5 Å². The second-order valence-electron chi connectivity index (χ2n) is 11.1. The topological polar surface area (TPSA) is 64.4 Å². The van der Waals surface area contributed by atoms with Crippen molar-refractivity contribution in [2.45, 2.75) is 104 Å². The third kappa shape index (κ3) is 8.50. The maximum atomic E-state index is 13.9. The van der Waals surface area contributed by atoms with E-state index in [-0.39, 0.29) is 17.5 Å². The van der Waals surface area contributed by atoms with E-state index < -0.39 is 0 Å². The van der Waals surface area contributed by atoms with Gasteiger partial charge in [0.05, 0.1) is 22.6 Å². The number of methoxy groups -OCH3 is 1. The van der Waals surface area contributed by atoms with Crippen molar-refractivity contribution >= 4 is 16.8 Å². The predicted octanol–water partition coefficient (Wildman–Crippen LogP) is 7.85.